The van der Waals surface area contributed by atoms with Gasteiger partial charge in [0.15, 0.2) is 11.6 Å². The summed E-state index contributed by atoms with van der Waals surface area (Å²) in [5.41, 5.74) is 1.87. The Morgan fingerprint density at radius 1 is 0.920 bits per heavy atom. The zero-order valence-electron chi connectivity index (χ0n) is 14.4. The molecule has 0 amide bonds. The monoisotopic (exact) mass is 337 g/mol. The van der Waals surface area contributed by atoms with Crippen molar-refractivity contribution in [1.29, 1.82) is 0 Å². The lowest BCUT2D eigenvalue weighted by atomic mass is 9.99. The second kappa shape index (κ2) is 6.81. The van der Waals surface area contributed by atoms with E-state index in [4.69, 9.17) is 9.47 Å². The summed E-state index contributed by atoms with van der Waals surface area (Å²) in [5.74, 6) is 0.677. The van der Waals surface area contributed by atoms with E-state index >= 15 is 0 Å². The topological polar surface area (TPSA) is 57.5 Å². The zero-order chi connectivity index (χ0) is 18.0. The van der Waals surface area contributed by atoms with Crippen LogP contribution in [0.4, 0.5) is 0 Å². The molecular weight excluding hydrogens is 318 g/mol. The third kappa shape index (κ3) is 3.13. The van der Waals surface area contributed by atoms with Gasteiger partial charge >= 0.3 is 0 Å². The first kappa shape index (κ1) is 16.8. The van der Waals surface area contributed by atoms with Crippen molar-refractivity contribution in [2.45, 2.75) is 6.42 Å². The van der Waals surface area contributed by atoms with Crippen LogP contribution >= 0.6 is 0 Å². The molecule has 2 aromatic carbocycles. The SMILES string of the molecule is COc1ccc(C(=O)CC(=O)c2ccc3c(ccn3C)c2OC)cc1. The molecule has 1 aromatic heterocycles. The number of carbonyl (C=O) groups excluding carboxylic acids is 2. The Morgan fingerprint density at radius 2 is 1.64 bits per heavy atom. The molecule has 5 heteroatoms. The predicted octanol–water partition coefficient (Wildman–Crippen LogP) is 3.65. The number of aryl methyl sites for hydroxylation is 1. The van der Waals surface area contributed by atoms with Crippen LogP contribution in [0.3, 0.4) is 0 Å². The van der Waals surface area contributed by atoms with Crippen molar-refractivity contribution in [1.82, 2.24) is 4.57 Å². The first-order valence-electron chi connectivity index (χ1n) is 7.87. The molecular formula is C20H19NO4. The Hall–Kier alpha value is -3.08. The zero-order valence-corrected chi connectivity index (χ0v) is 14.4. The number of ether oxygens (including phenoxy) is 2. The van der Waals surface area contributed by atoms with Gasteiger partial charge in [0.05, 0.1) is 31.7 Å². The molecule has 3 aromatic rings. The van der Waals surface area contributed by atoms with E-state index in [-0.39, 0.29) is 18.0 Å². The third-order valence-electron chi connectivity index (χ3n) is 4.26. The van der Waals surface area contributed by atoms with Gasteiger partial charge in [-0.15, -0.1) is 0 Å². The van der Waals surface area contributed by atoms with Gasteiger partial charge in [0.2, 0.25) is 0 Å². The normalized spacial score (nSPS) is 10.7. The van der Waals surface area contributed by atoms with Gasteiger partial charge < -0.3 is 14.0 Å². The first-order valence-corrected chi connectivity index (χ1v) is 7.87. The van der Waals surface area contributed by atoms with E-state index in [1.807, 2.05) is 29.9 Å². The summed E-state index contributed by atoms with van der Waals surface area (Å²) >= 11 is 0. The molecule has 0 radical (unpaired) electrons. The number of ketones is 2. The van der Waals surface area contributed by atoms with Crippen molar-refractivity contribution in [3.05, 3.63) is 59.8 Å². The van der Waals surface area contributed by atoms with Crippen molar-refractivity contribution in [3.63, 3.8) is 0 Å². The number of fused-ring (bicyclic) bond motifs is 1. The number of carbonyl (C=O) groups is 2. The Labute approximate surface area is 145 Å². The highest BCUT2D eigenvalue weighted by Gasteiger charge is 2.20. The van der Waals surface area contributed by atoms with Gasteiger partial charge in [-0.2, -0.15) is 0 Å². The van der Waals surface area contributed by atoms with E-state index in [9.17, 15) is 9.59 Å². The second-order valence-corrected chi connectivity index (χ2v) is 5.76. The smallest absolute Gasteiger partial charge is 0.174 e. The minimum absolute atomic E-state index is 0.207. The third-order valence-corrected chi connectivity index (χ3v) is 4.26. The Balaban J connectivity index is 1.87. The lowest BCUT2D eigenvalue weighted by Crippen LogP contribution is -2.10. The van der Waals surface area contributed by atoms with Crippen LogP contribution in [0.2, 0.25) is 0 Å². The first-order chi connectivity index (χ1) is 12.0. The summed E-state index contributed by atoms with van der Waals surface area (Å²) in [5, 5.41) is 0.854. The highest BCUT2D eigenvalue weighted by atomic mass is 16.5. The average molecular weight is 337 g/mol. The molecule has 0 spiro atoms. The minimum Gasteiger partial charge on any atom is -0.497 e. The van der Waals surface area contributed by atoms with Crippen LogP contribution in [0, 0.1) is 0 Å². The molecule has 128 valence electrons. The molecule has 1 heterocycles. The van der Waals surface area contributed by atoms with Crippen LogP contribution in [-0.2, 0) is 7.05 Å². The molecule has 0 aliphatic rings. The van der Waals surface area contributed by atoms with Gasteiger partial charge in [-0.1, -0.05) is 0 Å². The average Bonchev–Trinajstić information content (AvgIpc) is 3.02. The van der Waals surface area contributed by atoms with Gasteiger partial charge in [0.25, 0.3) is 0 Å². The van der Waals surface area contributed by atoms with E-state index in [2.05, 4.69) is 0 Å². The molecule has 0 fully saturated rings. The maximum absolute atomic E-state index is 12.6. The molecule has 0 aliphatic carbocycles. The number of rotatable bonds is 6. The van der Waals surface area contributed by atoms with Crippen molar-refractivity contribution in [2.75, 3.05) is 14.2 Å². The molecule has 3 rings (SSSR count). The van der Waals surface area contributed by atoms with Gasteiger partial charge in [-0.25, -0.2) is 0 Å². The molecule has 5 nitrogen and oxygen atoms in total. The highest BCUT2D eigenvalue weighted by molar-refractivity contribution is 6.16. The van der Waals surface area contributed by atoms with Crippen LogP contribution in [0.15, 0.2) is 48.7 Å². The summed E-state index contributed by atoms with van der Waals surface area (Å²) in [7, 11) is 5.02. The minimum atomic E-state index is -0.261. The van der Waals surface area contributed by atoms with Crippen LogP contribution in [0.5, 0.6) is 11.5 Å². The number of aromatic nitrogens is 1. The van der Waals surface area contributed by atoms with E-state index < -0.39 is 0 Å². The van der Waals surface area contributed by atoms with Crippen LogP contribution in [0.1, 0.15) is 27.1 Å². The number of benzene rings is 2. The van der Waals surface area contributed by atoms with Crippen LogP contribution < -0.4 is 9.47 Å². The van der Waals surface area contributed by atoms with E-state index in [0.717, 1.165) is 10.9 Å². The molecule has 0 atom stereocenters. The van der Waals surface area contributed by atoms with Crippen molar-refractivity contribution in [3.8, 4) is 11.5 Å². The highest BCUT2D eigenvalue weighted by Crippen LogP contribution is 2.31. The van der Waals surface area contributed by atoms with E-state index in [0.29, 0.717) is 22.6 Å². The number of hydrogen-bond acceptors (Lipinski definition) is 4. The molecule has 0 N–H and O–H groups in total. The molecule has 0 saturated carbocycles. The van der Waals surface area contributed by atoms with E-state index in [1.165, 1.54) is 7.11 Å². The summed E-state index contributed by atoms with van der Waals surface area (Å²) in [6.07, 6.45) is 1.70. The van der Waals surface area contributed by atoms with Gasteiger partial charge in [0, 0.05) is 24.2 Å². The molecule has 0 bridgehead atoms. The fraction of sp³-hybridized carbons (Fsp3) is 0.200. The maximum Gasteiger partial charge on any atom is 0.174 e. The Bertz CT molecular complexity index is 938. The van der Waals surface area contributed by atoms with Crippen molar-refractivity contribution >= 4 is 22.5 Å². The van der Waals surface area contributed by atoms with E-state index in [1.54, 1.807) is 37.4 Å². The molecule has 25 heavy (non-hydrogen) atoms. The quantitative estimate of drug-likeness (QED) is 0.509. The molecule has 0 saturated heterocycles. The largest absolute Gasteiger partial charge is 0.497 e. The Morgan fingerprint density at radius 3 is 2.28 bits per heavy atom. The number of Topliss-reactive ketones (excluding diaryl/α,β-unsaturated/α-hetero) is 2. The van der Waals surface area contributed by atoms with Crippen LogP contribution in [-0.4, -0.2) is 30.4 Å². The Kier molecular flexibility index (Phi) is 4.57. The fourth-order valence-electron chi connectivity index (χ4n) is 2.88. The van der Waals surface area contributed by atoms with Gasteiger partial charge in [-0.3, -0.25) is 9.59 Å². The standard InChI is InChI=1S/C20H19NO4/c1-21-11-10-15-17(21)9-8-16(20(15)25-3)19(23)12-18(22)13-4-6-14(24-2)7-5-13/h4-11H,12H2,1-3H3. The number of methoxy groups -OCH3 is 2. The second-order valence-electron chi connectivity index (χ2n) is 5.76. The van der Waals surface area contributed by atoms with Crippen molar-refractivity contribution < 1.29 is 19.1 Å². The summed E-state index contributed by atoms with van der Waals surface area (Å²) in [4.78, 5) is 25.0. The predicted molar refractivity (Wildman–Crippen MR) is 95.7 cm³/mol. The molecule has 0 aliphatic heterocycles. The maximum atomic E-state index is 12.6. The number of hydrogen-bond donors (Lipinski definition) is 0. The van der Waals surface area contributed by atoms with Crippen molar-refractivity contribution in [2.24, 2.45) is 7.05 Å². The summed E-state index contributed by atoms with van der Waals surface area (Å²) in [6, 6.07) is 12.2. The van der Waals surface area contributed by atoms with Crippen LogP contribution in [0.25, 0.3) is 10.9 Å². The number of nitrogens with zero attached hydrogens (tertiary/aromatic N) is 1. The summed E-state index contributed by atoms with van der Waals surface area (Å²) < 4.78 is 12.5. The van der Waals surface area contributed by atoms with Gasteiger partial charge in [-0.05, 0) is 42.5 Å². The molecule has 0 unspecified atom stereocenters. The lowest BCUT2D eigenvalue weighted by Gasteiger charge is -2.10. The lowest BCUT2D eigenvalue weighted by molar-refractivity contribution is 0.0893. The fourth-order valence-corrected chi connectivity index (χ4v) is 2.88. The summed E-state index contributed by atoms with van der Waals surface area (Å²) in [6.45, 7) is 0. The van der Waals surface area contributed by atoms with Gasteiger partial charge in [0.1, 0.15) is 11.5 Å².